The predicted molar refractivity (Wildman–Crippen MR) is 66.0 cm³/mol. The summed E-state index contributed by atoms with van der Waals surface area (Å²) in [5, 5.41) is 0. The third-order valence-corrected chi connectivity index (χ3v) is 3.62. The Kier molecular flexibility index (Phi) is 2.99. The van der Waals surface area contributed by atoms with Gasteiger partial charge in [0.25, 0.3) is 0 Å². The molecule has 0 unspecified atom stereocenters. The van der Waals surface area contributed by atoms with Crippen molar-refractivity contribution in [2.75, 3.05) is 5.73 Å². The van der Waals surface area contributed by atoms with Crippen LogP contribution in [0.3, 0.4) is 0 Å². The number of anilines is 1. The number of hydrogen-bond donors (Lipinski definition) is 1. The first-order valence-corrected chi connectivity index (χ1v) is 6.03. The SMILES string of the molecule is Cc1ccc([C@H]2CCC[C@@H](C)C2)c(N)c1. The molecular weight excluding hydrogens is 182 g/mol. The zero-order chi connectivity index (χ0) is 10.8. The van der Waals surface area contributed by atoms with Crippen molar-refractivity contribution in [2.45, 2.75) is 45.4 Å². The maximum atomic E-state index is 6.10. The van der Waals surface area contributed by atoms with Crippen LogP contribution in [-0.4, -0.2) is 0 Å². The lowest BCUT2D eigenvalue weighted by molar-refractivity contribution is 0.344. The minimum atomic E-state index is 0.703. The fourth-order valence-electron chi connectivity index (χ4n) is 2.78. The molecule has 0 heterocycles. The second-order valence-electron chi connectivity index (χ2n) is 5.10. The fraction of sp³-hybridized carbons (Fsp3) is 0.571. The summed E-state index contributed by atoms with van der Waals surface area (Å²) >= 11 is 0. The zero-order valence-corrected chi connectivity index (χ0v) is 9.79. The second kappa shape index (κ2) is 4.26. The third-order valence-electron chi connectivity index (χ3n) is 3.62. The summed E-state index contributed by atoms with van der Waals surface area (Å²) in [6, 6.07) is 6.52. The minimum Gasteiger partial charge on any atom is -0.398 e. The first-order valence-electron chi connectivity index (χ1n) is 6.03. The van der Waals surface area contributed by atoms with E-state index in [0.29, 0.717) is 5.92 Å². The lowest BCUT2D eigenvalue weighted by atomic mass is 9.78. The van der Waals surface area contributed by atoms with E-state index in [9.17, 15) is 0 Å². The van der Waals surface area contributed by atoms with Crippen LogP contribution in [0.25, 0.3) is 0 Å². The van der Waals surface area contributed by atoms with E-state index in [0.717, 1.165) is 11.6 Å². The van der Waals surface area contributed by atoms with Gasteiger partial charge >= 0.3 is 0 Å². The van der Waals surface area contributed by atoms with E-state index >= 15 is 0 Å². The summed E-state index contributed by atoms with van der Waals surface area (Å²) in [6.07, 6.45) is 5.38. The van der Waals surface area contributed by atoms with Crippen LogP contribution in [0.1, 0.15) is 49.7 Å². The number of nitrogen functional groups attached to an aromatic ring is 1. The molecule has 1 nitrogen and oxygen atoms in total. The molecule has 0 aromatic heterocycles. The van der Waals surface area contributed by atoms with Gasteiger partial charge in [-0.3, -0.25) is 0 Å². The molecule has 2 rings (SSSR count). The zero-order valence-electron chi connectivity index (χ0n) is 9.79. The molecule has 0 radical (unpaired) electrons. The second-order valence-corrected chi connectivity index (χ2v) is 5.10. The van der Waals surface area contributed by atoms with Crippen molar-refractivity contribution in [2.24, 2.45) is 5.92 Å². The summed E-state index contributed by atoms with van der Waals surface area (Å²) in [6.45, 7) is 4.46. The van der Waals surface area contributed by atoms with Crippen LogP contribution < -0.4 is 5.73 Å². The maximum Gasteiger partial charge on any atom is 0.0352 e. The molecule has 1 aromatic carbocycles. The first kappa shape index (κ1) is 10.5. The molecule has 1 aliphatic carbocycles. The number of rotatable bonds is 1. The molecule has 0 aliphatic heterocycles. The van der Waals surface area contributed by atoms with Crippen LogP contribution in [0.15, 0.2) is 18.2 Å². The van der Waals surface area contributed by atoms with Gasteiger partial charge in [-0.1, -0.05) is 31.9 Å². The van der Waals surface area contributed by atoms with Crippen molar-refractivity contribution in [3.63, 3.8) is 0 Å². The highest BCUT2D eigenvalue weighted by atomic mass is 14.6. The largest absolute Gasteiger partial charge is 0.398 e. The van der Waals surface area contributed by atoms with Crippen molar-refractivity contribution in [3.05, 3.63) is 29.3 Å². The van der Waals surface area contributed by atoms with Crippen molar-refractivity contribution < 1.29 is 0 Å². The molecule has 1 aromatic rings. The molecule has 82 valence electrons. The lowest BCUT2D eigenvalue weighted by Crippen LogP contribution is -2.13. The fourth-order valence-corrected chi connectivity index (χ4v) is 2.78. The van der Waals surface area contributed by atoms with Gasteiger partial charge in [0.2, 0.25) is 0 Å². The molecule has 2 atom stereocenters. The van der Waals surface area contributed by atoms with Crippen LogP contribution in [0.5, 0.6) is 0 Å². The van der Waals surface area contributed by atoms with Gasteiger partial charge in [-0.05, 0) is 48.8 Å². The highest BCUT2D eigenvalue weighted by Gasteiger charge is 2.21. The Hall–Kier alpha value is -0.980. The van der Waals surface area contributed by atoms with Crippen LogP contribution in [0, 0.1) is 12.8 Å². The Labute approximate surface area is 92.7 Å². The van der Waals surface area contributed by atoms with E-state index in [1.54, 1.807) is 0 Å². The Morgan fingerprint density at radius 2 is 2.07 bits per heavy atom. The molecule has 1 saturated carbocycles. The van der Waals surface area contributed by atoms with Gasteiger partial charge in [0, 0.05) is 5.69 Å². The summed E-state index contributed by atoms with van der Waals surface area (Å²) < 4.78 is 0. The molecule has 0 bridgehead atoms. The summed E-state index contributed by atoms with van der Waals surface area (Å²) in [5.74, 6) is 1.57. The van der Waals surface area contributed by atoms with E-state index in [1.165, 1.54) is 36.8 Å². The molecule has 1 heteroatoms. The van der Waals surface area contributed by atoms with E-state index in [-0.39, 0.29) is 0 Å². The van der Waals surface area contributed by atoms with Crippen molar-refractivity contribution in [1.82, 2.24) is 0 Å². The normalized spacial score (nSPS) is 26.5. The van der Waals surface area contributed by atoms with Gasteiger partial charge in [0.1, 0.15) is 0 Å². The van der Waals surface area contributed by atoms with Gasteiger partial charge < -0.3 is 5.73 Å². The molecule has 15 heavy (non-hydrogen) atoms. The van der Waals surface area contributed by atoms with Crippen molar-refractivity contribution in [3.8, 4) is 0 Å². The van der Waals surface area contributed by atoms with E-state index < -0.39 is 0 Å². The maximum absolute atomic E-state index is 6.10. The first-order chi connectivity index (χ1) is 7.16. The molecule has 1 aliphatic rings. The van der Waals surface area contributed by atoms with E-state index in [1.807, 2.05) is 0 Å². The Balaban J connectivity index is 2.21. The van der Waals surface area contributed by atoms with Crippen molar-refractivity contribution >= 4 is 5.69 Å². The smallest absolute Gasteiger partial charge is 0.0352 e. The van der Waals surface area contributed by atoms with E-state index in [4.69, 9.17) is 5.73 Å². The average molecular weight is 203 g/mol. The lowest BCUT2D eigenvalue weighted by Gasteiger charge is -2.28. The summed E-state index contributed by atoms with van der Waals surface area (Å²) in [5.41, 5.74) is 9.74. The van der Waals surface area contributed by atoms with Gasteiger partial charge in [-0.2, -0.15) is 0 Å². The van der Waals surface area contributed by atoms with Gasteiger partial charge in [0.15, 0.2) is 0 Å². The third kappa shape index (κ3) is 2.34. The number of nitrogens with two attached hydrogens (primary N) is 1. The van der Waals surface area contributed by atoms with Gasteiger partial charge in [-0.25, -0.2) is 0 Å². The standard InChI is InChI=1S/C14H21N/c1-10-4-3-5-12(8-10)13-7-6-11(2)9-14(13)15/h6-7,9-10,12H,3-5,8,15H2,1-2H3/t10-,12+/m1/s1. The highest BCUT2D eigenvalue weighted by molar-refractivity contribution is 5.50. The summed E-state index contributed by atoms with van der Waals surface area (Å²) in [4.78, 5) is 0. The molecule has 0 spiro atoms. The minimum absolute atomic E-state index is 0.703. The highest BCUT2D eigenvalue weighted by Crippen LogP contribution is 2.38. The summed E-state index contributed by atoms with van der Waals surface area (Å²) in [7, 11) is 0. The molecule has 1 fully saturated rings. The molecule has 0 amide bonds. The average Bonchev–Trinajstić information content (AvgIpc) is 2.17. The van der Waals surface area contributed by atoms with Crippen LogP contribution >= 0.6 is 0 Å². The monoisotopic (exact) mass is 203 g/mol. The Bertz CT molecular complexity index is 343. The van der Waals surface area contributed by atoms with Crippen LogP contribution in [-0.2, 0) is 0 Å². The van der Waals surface area contributed by atoms with E-state index in [2.05, 4.69) is 32.0 Å². The predicted octanol–water partition coefficient (Wildman–Crippen LogP) is 3.87. The van der Waals surface area contributed by atoms with Crippen LogP contribution in [0.4, 0.5) is 5.69 Å². The Morgan fingerprint density at radius 3 is 2.73 bits per heavy atom. The van der Waals surface area contributed by atoms with Gasteiger partial charge in [0.05, 0.1) is 0 Å². The van der Waals surface area contributed by atoms with Gasteiger partial charge in [-0.15, -0.1) is 0 Å². The van der Waals surface area contributed by atoms with Crippen LogP contribution in [0.2, 0.25) is 0 Å². The van der Waals surface area contributed by atoms with Crippen molar-refractivity contribution in [1.29, 1.82) is 0 Å². The topological polar surface area (TPSA) is 26.0 Å². The molecule has 2 N–H and O–H groups in total. The Morgan fingerprint density at radius 1 is 1.27 bits per heavy atom. The number of aryl methyl sites for hydroxylation is 1. The molecule has 0 saturated heterocycles. The molecular formula is C14H21N. The number of hydrogen-bond acceptors (Lipinski definition) is 1. The quantitative estimate of drug-likeness (QED) is 0.689. The number of benzene rings is 1.